The summed E-state index contributed by atoms with van der Waals surface area (Å²) in [5.74, 6) is 0. The maximum atomic E-state index is 12.3. The van der Waals surface area contributed by atoms with Crippen molar-refractivity contribution in [2.75, 3.05) is 6.26 Å². The van der Waals surface area contributed by atoms with Crippen LogP contribution in [0.5, 0.6) is 0 Å². The average molecular weight is 385 g/mol. The van der Waals surface area contributed by atoms with Gasteiger partial charge in [-0.1, -0.05) is 41.5 Å². The van der Waals surface area contributed by atoms with Gasteiger partial charge in [0.05, 0.1) is 9.77 Å². The molecule has 0 aromatic carbocycles. The average Bonchev–Trinajstić information content (AvgIpc) is 3.13. The lowest BCUT2D eigenvalue weighted by molar-refractivity contribution is 0.516. The lowest BCUT2D eigenvalue weighted by atomic mass is 9.88. The molecule has 0 aliphatic carbocycles. The molecule has 2 aromatic heterocycles. The molecule has 24 heavy (non-hydrogen) atoms. The Morgan fingerprint density at radius 2 is 1.46 bits per heavy atom. The van der Waals surface area contributed by atoms with Crippen LogP contribution in [-0.2, 0) is 20.7 Å². The predicted octanol–water partition coefficient (Wildman–Crippen LogP) is 6.26. The summed E-state index contributed by atoms with van der Waals surface area (Å²) in [6.45, 7) is 13.2. The van der Waals surface area contributed by atoms with Gasteiger partial charge in [-0.2, -0.15) is 0 Å². The Kier molecular flexibility index (Phi) is 5.39. The van der Waals surface area contributed by atoms with Crippen molar-refractivity contribution in [1.29, 1.82) is 0 Å². The Bertz CT molecular complexity index is 821. The largest absolute Gasteiger partial charge is 0.224 e. The molecule has 2 heterocycles. The van der Waals surface area contributed by atoms with Gasteiger partial charge in [-0.3, -0.25) is 0 Å². The molecule has 0 aliphatic heterocycles. The number of hydrogen-bond acceptors (Lipinski definition) is 4. The molecule has 2 aromatic rings. The van der Waals surface area contributed by atoms with Gasteiger partial charge in [0.25, 0.3) is 0 Å². The number of hydrogen-bond donors (Lipinski definition) is 0. The van der Waals surface area contributed by atoms with Gasteiger partial charge < -0.3 is 0 Å². The van der Waals surface area contributed by atoms with Gasteiger partial charge in [0.15, 0.2) is 9.84 Å². The molecular weight excluding hydrogens is 356 g/mol. The van der Waals surface area contributed by atoms with Crippen LogP contribution in [0, 0.1) is 0 Å². The first-order chi connectivity index (χ1) is 10.9. The van der Waals surface area contributed by atoms with Crippen molar-refractivity contribution >= 4 is 32.5 Å². The van der Waals surface area contributed by atoms with Crippen LogP contribution in [0.4, 0.5) is 0 Å². The van der Waals surface area contributed by atoms with Crippen molar-refractivity contribution in [2.24, 2.45) is 0 Å². The Labute approximate surface area is 154 Å². The molecule has 0 radical (unpaired) electrons. The third-order valence-corrected chi connectivity index (χ3v) is 9.41. The first-order valence-electron chi connectivity index (χ1n) is 8.37. The van der Waals surface area contributed by atoms with E-state index in [0.29, 0.717) is 4.90 Å². The molecule has 0 atom stereocenters. The second-order valence-electron chi connectivity index (χ2n) is 7.71. The summed E-state index contributed by atoms with van der Waals surface area (Å²) >= 11 is 3.36. The van der Waals surface area contributed by atoms with E-state index in [-0.39, 0.29) is 10.8 Å². The minimum atomic E-state index is -3.24. The van der Waals surface area contributed by atoms with E-state index in [1.54, 1.807) is 22.7 Å². The Hall–Kier alpha value is -0.650. The highest BCUT2D eigenvalue weighted by molar-refractivity contribution is 7.91. The zero-order chi connectivity index (χ0) is 18.3. The van der Waals surface area contributed by atoms with Gasteiger partial charge in [0.2, 0.25) is 0 Å². The standard InChI is InChI=1S/C19H28O2S3/c1-8-18(3,4)15-11-10-13(22-15)17-14(24(7,20)21)12-16(23-17)19(5,6)9-2/h10-12H,8-9H2,1-7H3. The zero-order valence-electron chi connectivity index (χ0n) is 15.7. The maximum absolute atomic E-state index is 12.3. The monoisotopic (exact) mass is 384 g/mol. The van der Waals surface area contributed by atoms with Crippen molar-refractivity contribution < 1.29 is 8.42 Å². The van der Waals surface area contributed by atoms with Crippen LogP contribution in [0.25, 0.3) is 9.75 Å². The van der Waals surface area contributed by atoms with Crippen LogP contribution in [0.1, 0.15) is 64.1 Å². The molecule has 134 valence electrons. The molecule has 0 saturated carbocycles. The topological polar surface area (TPSA) is 34.1 Å². The van der Waals surface area contributed by atoms with Crippen molar-refractivity contribution in [1.82, 2.24) is 0 Å². The van der Waals surface area contributed by atoms with Crippen LogP contribution >= 0.6 is 22.7 Å². The SMILES string of the molecule is CCC(C)(C)c1ccc(-c2sc(C(C)(C)CC)cc2S(C)(=O)=O)s1. The molecule has 0 amide bonds. The molecule has 2 rings (SSSR count). The van der Waals surface area contributed by atoms with Gasteiger partial charge in [0.1, 0.15) is 0 Å². The second-order valence-corrected chi connectivity index (χ2v) is 11.8. The summed E-state index contributed by atoms with van der Waals surface area (Å²) in [6.07, 6.45) is 3.35. The summed E-state index contributed by atoms with van der Waals surface area (Å²) in [5, 5.41) is 0. The minimum absolute atomic E-state index is 0.00879. The maximum Gasteiger partial charge on any atom is 0.177 e. The van der Waals surface area contributed by atoms with Gasteiger partial charge in [-0.05, 0) is 41.9 Å². The van der Waals surface area contributed by atoms with E-state index < -0.39 is 9.84 Å². The third kappa shape index (κ3) is 3.78. The van der Waals surface area contributed by atoms with E-state index in [9.17, 15) is 8.42 Å². The Balaban J connectivity index is 2.62. The van der Waals surface area contributed by atoms with E-state index in [2.05, 4.69) is 53.7 Å². The Morgan fingerprint density at radius 1 is 0.917 bits per heavy atom. The summed E-state index contributed by atoms with van der Waals surface area (Å²) < 4.78 is 24.7. The number of thiophene rings is 2. The number of sulfone groups is 1. The summed E-state index contributed by atoms with van der Waals surface area (Å²) in [4.78, 5) is 4.90. The highest BCUT2D eigenvalue weighted by Gasteiger charge is 2.28. The van der Waals surface area contributed by atoms with Crippen molar-refractivity contribution in [3.63, 3.8) is 0 Å². The fraction of sp³-hybridized carbons (Fsp3) is 0.579. The summed E-state index contributed by atoms with van der Waals surface area (Å²) in [5.41, 5.74) is 0.113. The van der Waals surface area contributed by atoms with E-state index in [4.69, 9.17) is 0 Å². The fourth-order valence-electron chi connectivity index (χ4n) is 2.33. The molecule has 0 aliphatic rings. The smallest absolute Gasteiger partial charge is 0.177 e. The van der Waals surface area contributed by atoms with Gasteiger partial charge in [0, 0.05) is 20.9 Å². The quantitative estimate of drug-likeness (QED) is 0.589. The molecule has 0 N–H and O–H groups in total. The van der Waals surface area contributed by atoms with E-state index >= 15 is 0 Å². The van der Waals surface area contributed by atoms with Crippen molar-refractivity contribution in [3.05, 3.63) is 28.0 Å². The van der Waals surface area contributed by atoms with Gasteiger partial charge in [-0.25, -0.2) is 8.42 Å². The predicted molar refractivity (Wildman–Crippen MR) is 107 cm³/mol. The summed E-state index contributed by atoms with van der Waals surface area (Å²) in [7, 11) is -3.24. The molecular formula is C19H28O2S3. The third-order valence-electron chi connectivity index (χ3n) is 5.03. The van der Waals surface area contributed by atoms with E-state index in [0.717, 1.165) is 27.5 Å². The van der Waals surface area contributed by atoms with Crippen LogP contribution in [0.3, 0.4) is 0 Å². The highest BCUT2D eigenvalue weighted by Crippen LogP contribution is 2.45. The molecule has 0 spiro atoms. The normalized spacial score (nSPS) is 13.5. The molecule has 0 unspecified atom stereocenters. The molecule has 2 nitrogen and oxygen atoms in total. The molecule has 5 heteroatoms. The lowest BCUT2D eigenvalue weighted by Gasteiger charge is -2.20. The van der Waals surface area contributed by atoms with Crippen molar-refractivity contribution in [3.8, 4) is 9.75 Å². The molecule has 0 saturated heterocycles. The van der Waals surface area contributed by atoms with Gasteiger partial charge >= 0.3 is 0 Å². The van der Waals surface area contributed by atoms with Crippen LogP contribution in [0.2, 0.25) is 0 Å². The van der Waals surface area contributed by atoms with Crippen LogP contribution in [-0.4, -0.2) is 14.7 Å². The fourth-order valence-corrected chi connectivity index (χ4v) is 6.35. The zero-order valence-corrected chi connectivity index (χ0v) is 18.1. The summed E-state index contributed by atoms with van der Waals surface area (Å²) in [6, 6.07) is 6.13. The highest BCUT2D eigenvalue weighted by atomic mass is 32.2. The lowest BCUT2D eigenvalue weighted by Crippen LogP contribution is -2.13. The van der Waals surface area contributed by atoms with Crippen LogP contribution < -0.4 is 0 Å². The van der Waals surface area contributed by atoms with E-state index in [1.165, 1.54) is 11.1 Å². The Morgan fingerprint density at radius 3 is 1.96 bits per heavy atom. The minimum Gasteiger partial charge on any atom is -0.224 e. The van der Waals surface area contributed by atoms with Crippen LogP contribution in [0.15, 0.2) is 23.1 Å². The second kappa shape index (κ2) is 6.58. The van der Waals surface area contributed by atoms with E-state index in [1.807, 2.05) is 6.07 Å². The number of rotatable bonds is 6. The first kappa shape index (κ1) is 19.7. The first-order valence-corrected chi connectivity index (χ1v) is 11.9. The molecule has 0 fully saturated rings. The van der Waals surface area contributed by atoms with Gasteiger partial charge in [-0.15, -0.1) is 22.7 Å². The van der Waals surface area contributed by atoms with Crippen molar-refractivity contribution in [2.45, 2.75) is 70.1 Å². The molecule has 0 bridgehead atoms.